The second-order valence-electron chi connectivity index (χ2n) is 10.4. The van der Waals surface area contributed by atoms with Gasteiger partial charge in [0.1, 0.15) is 0 Å². The molecule has 2 aromatic carbocycles. The van der Waals surface area contributed by atoms with Gasteiger partial charge in [0.2, 0.25) is 0 Å². The number of hydrogen-bond acceptors (Lipinski definition) is 4. The summed E-state index contributed by atoms with van der Waals surface area (Å²) < 4.78 is 0. The minimum absolute atomic E-state index is 0.0245. The van der Waals surface area contributed by atoms with Crippen molar-refractivity contribution in [2.24, 2.45) is 5.92 Å². The maximum absolute atomic E-state index is 12.2. The van der Waals surface area contributed by atoms with Gasteiger partial charge in [0, 0.05) is 50.7 Å². The molecule has 3 aliphatic rings. The highest BCUT2D eigenvalue weighted by Crippen LogP contribution is 2.43. The van der Waals surface area contributed by atoms with Gasteiger partial charge in [-0.25, -0.2) is 0 Å². The molecule has 5 heteroatoms. The van der Waals surface area contributed by atoms with E-state index in [1.807, 2.05) is 24.3 Å². The van der Waals surface area contributed by atoms with E-state index in [-0.39, 0.29) is 18.6 Å². The molecular weight excluding hydrogens is 410 g/mol. The normalized spacial score (nSPS) is 26.1. The summed E-state index contributed by atoms with van der Waals surface area (Å²) in [6, 6.07) is 17.5. The fourth-order valence-electron chi connectivity index (χ4n) is 5.80. The first kappa shape index (κ1) is 22.6. The Balaban J connectivity index is 1.32. The maximum Gasteiger partial charge on any atom is 0.253 e. The molecule has 1 amide bonds. The van der Waals surface area contributed by atoms with Crippen molar-refractivity contribution < 1.29 is 9.90 Å². The third-order valence-corrected chi connectivity index (χ3v) is 7.83. The molecule has 176 valence electrons. The molecule has 0 radical (unpaired) electrons. The third kappa shape index (κ3) is 4.72. The van der Waals surface area contributed by atoms with Crippen molar-refractivity contribution in [1.82, 2.24) is 14.7 Å². The lowest BCUT2D eigenvalue weighted by molar-refractivity contribution is -0.0649. The molecule has 0 spiro atoms. The van der Waals surface area contributed by atoms with E-state index in [1.165, 1.54) is 44.3 Å². The molecule has 1 saturated carbocycles. The van der Waals surface area contributed by atoms with Gasteiger partial charge in [0.15, 0.2) is 0 Å². The van der Waals surface area contributed by atoms with Crippen LogP contribution in [0.2, 0.25) is 0 Å². The van der Waals surface area contributed by atoms with E-state index in [2.05, 4.69) is 34.1 Å². The summed E-state index contributed by atoms with van der Waals surface area (Å²) >= 11 is 0. The third-order valence-electron chi connectivity index (χ3n) is 7.83. The highest BCUT2D eigenvalue weighted by atomic mass is 16.3. The minimum Gasteiger partial charge on any atom is -0.395 e. The molecule has 0 aromatic heterocycles. The first-order valence-electron chi connectivity index (χ1n) is 12.6. The summed E-state index contributed by atoms with van der Waals surface area (Å²) in [4.78, 5) is 19.0. The Morgan fingerprint density at radius 3 is 2.21 bits per heavy atom. The minimum atomic E-state index is 0.0245. The van der Waals surface area contributed by atoms with Crippen LogP contribution in [0.15, 0.2) is 48.5 Å². The Morgan fingerprint density at radius 2 is 1.61 bits per heavy atom. The zero-order valence-electron chi connectivity index (χ0n) is 20.0. The molecular formula is C28H37N3O2. The van der Waals surface area contributed by atoms with Crippen molar-refractivity contribution in [1.29, 1.82) is 0 Å². The van der Waals surface area contributed by atoms with Crippen LogP contribution in [0.5, 0.6) is 0 Å². The fourth-order valence-corrected chi connectivity index (χ4v) is 5.80. The van der Waals surface area contributed by atoms with Crippen LogP contribution in [-0.2, 0) is 0 Å². The number of aliphatic hydroxyl groups is 1. The van der Waals surface area contributed by atoms with Gasteiger partial charge < -0.3 is 14.9 Å². The monoisotopic (exact) mass is 447 g/mol. The Kier molecular flexibility index (Phi) is 6.55. The largest absolute Gasteiger partial charge is 0.395 e. The van der Waals surface area contributed by atoms with E-state index in [0.29, 0.717) is 17.5 Å². The molecule has 0 bridgehead atoms. The van der Waals surface area contributed by atoms with Crippen LogP contribution in [0.1, 0.15) is 47.5 Å². The van der Waals surface area contributed by atoms with E-state index in [4.69, 9.17) is 0 Å². The molecule has 2 aliphatic heterocycles. The standard InChI is InChI=1S/C28H37N3O2/c1-29(2)28(33)24-13-9-22(10-14-24)21-7-11-23(12-8-21)27-25-18-30(17-20-5-6-20)15-3-4-16-31(25)26(27)19-32/h7-14,20,25-27,32H,3-6,15-19H2,1-2H3/t25-,26-,27+/m1/s1. The van der Waals surface area contributed by atoms with Gasteiger partial charge in [-0.05, 0) is 73.5 Å². The second kappa shape index (κ2) is 9.57. The summed E-state index contributed by atoms with van der Waals surface area (Å²) in [5.74, 6) is 1.34. The predicted octanol–water partition coefficient (Wildman–Crippen LogP) is 3.69. The second-order valence-corrected chi connectivity index (χ2v) is 10.4. The molecule has 5 rings (SSSR count). The zero-order valence-corrected chi connectivity index (χ0v) is 20.0. The van der Waals surface area contributed by atoms with Crippen LogP contribution in [0, 0.1) is 5.92 Å². The summed E-state index contributed by atoms with van der Waals surface area (Å²) in [6.45, 7) is 4.95. The quantitative estimate of drug-likeness (QED) is 0.734. The number of amides is 1. The molecule has 0 unspecified atom stereocenters. The van der Waals surface area contributed by atoms with Crippen molar-refractivity contribution in [3.63, 3.8) is 0 Å². The molecule has 3 atom stereocenters. The van der Waals surface area contributed by atoms with E-state index in [1.54, 1.807) is 19.0 Å². The van der Waals surface area contributed by atoms with Crippen molar-refractivity contribution in [2.45, 2.75) is 43.7 Å². The highest BCUT2D eigenvalue weighted by Gasteiger charge is 2.49. The maximum atomic E-state index is 12.2. The topological polar surface area (TPSA) is 47.0 Å². The summed E-state index contributed by atoms with van der Waals surface area (Å²) in [7, 11) is 3.55. The zero-order chi connectivity index (χ0) is 22.9. The Morgan fingerprint density at radius 1 is 0.970 bits per heavy atom. The lowest BCUT2D eigenvalue weighted by atomic mass is 9.74. The van der Waals surface area contributed by atoms with Gasteiger partial charge in [-0.2, -0.15) is 0 Å². The van der Waals surface area contributed by atoms with Gasteiger partial charge in [-0.3, -0.25) is 9.69 Å². The molecule has 1 N–H and O–H groups in total. The van der Waals surface area contributed by atoms with Crippen LogP contribution >= 0.6 is 0 Å². The van der Waals surface area contributed by atoms with E-state index < -0.39 is 0 Å². The van der Waals surface area contributed by atoms with E-state index in [0.717, 1.165) is 30.1 Å². The molecule has 2 saturated heterocycles. The Hall–Kier alpha value is -2.21. The highest BCUT2D eigenvalue weighted by molar-refractivity contribution is 5.94. The van der Waals surface area contributed by atoms with Crippen molar-refractivity contribution >= 4 is 5.91 Å². The van der Waals surface area contributed by atoms with Crippen LogP contribution in [0.4, 0.5) is 0 Å². The lowest BCUT2D eigenvalue weighted by Gasteiger charge is -2.57. The van der Waals surface area contributed by atoms with Crippen LogP contribution in [0.3, 0.4) is 0 Å². The van der Waals surface area contributed by atoms with E-state index in [9.17, 15) is 9.90 Å². The average Bonchev–Trinajstić information content (AvgIpc) is 3.63. The molecule has 33 heavy (non-hydrogen) atoms. The van der Waals surface area contributed by atoms with Crippen LogP contribution in [-0.4, -0.2) is 84.7 Å². The number of aliphatic hydroxyl groups excluding tert-OH is 1. The molecule has 1 aliphatic carbocycles. The molecule has 2 heterocycles. The number of carbonyl (C=O) groups excluding carboxylic acids is 1. The van der Waals surface area contributed by atoms with Crippen LogP contribution in [0.25, 0.3) is 11.1 Å². The SMILES string of the molecule is CN(C)C(=O)c1ccc(-c2ccc([C@@H]3[C@@H](CO)N4CCCCN(CC5CC5)C[C@H]34)cc2)cc1. The van der Waals surface area contributed by atoms with Crippen molar-refractivity contribution in [3.05, 3.63) is 59.7 Å². The van der Waals surface area contributed by atoms with Gasteiger partial charge >= 0.3 is 0 Å². The fraction of sp³-hybridized carbons (Fsp3) is 0.536. The average molecular weight is 448 g/mol. The first-order chi connectivity index (χ1) is 16.0. The summed E-state index contributed by atoms with van der Waals surface area (Å²) in [5, 5.41) is 10.2. The predicted molar refractivity (Wildman–Crippen MR) is 132 cm³/mol. The van der Waals surface area contributed by atoms with Crippen molar-refractivity contribution in [2.75, 3.05) is 46.9 Å². The van der Waals surface area contributed by atoms with E-state index >= 15 is 0 Å². The number of benzene rings is 2. The van der Waals surface area contributed by atoms with Crippen molar-refractivity contribution in [3.8, 4) is 11.1 Å². The number of nitrogens with zero attached hydrogens (tertiary/aromatic N) is 3. The summed E-state index contributed by atoms with van der Waals surface area (Å²) in [6.07, 6.45) is 5.30. The smallest absolute Gasteiger partial charge is 0.253 e. The Bertz CT molecular complexity index is 952. The van der Waals surface area contributed by atoms with Gasteiger partial charge in [0.05, 0.1) is 6.61 Å². The lowest BCUT2D eigenvalue weighted by Crippen LogP contribution is -2.67. The molecule has 3 fully saturated rings. The van der Waals surface area contributed by atoms with Gasteiger partial charge in [0.25, 0.3) is 5.91 Å². The number of rotatable bonds is 6. The summed E-state index contributed by atoms with van der Waals surface area (Å²) in [5.41, 5.74) is 4.32. The molecule has 5 nitrogen and oxygen atoms in total. The van der Waals surface area contributed by atoms with Crippen LogP contribution < -0.4 is 0 Å². The molecule has 2 aromatic rings. The number of hydrogen-bond donors (Lipinski definition) is 1. The Labute approximate surface area is 198 Å². The first-order valence-corrected chi connectivity index (χ1v) is 12.6. The number of carbonyl (C=O) groups is 1. The van der Waals surface area contributed by atoms with Gasteiger partial charge in [-0.15, -0.1) is 0 Å². The number of fused-ring (bicyclic) bond motifs is 1. The van der Waals surface area contributed by atoms with Gasteiger partial charge in [-0.1, -0.05) is 36.4 Å².